The third-order valence-corrected chi connectivity index (χ3v) is 3.95. The Morgan fingerprint density at radius 2 is 1.87 bits per heavy atom. The third-order valence-electron chi connectivity index (χ3n) is 3.95. The summed E-state index contributed by atoms with van der Waals surface area (Å²) in [6.45, 7) is 3.32. The van der Waals surface area contributed by atoms with E-state index in [-0.39, 0.29) is 5.69 Å². The lowest BCUT2D eigenvalue weighted by Crippen LogP contribution is -3.06. The number of carbonyl (C=O) groups excluding carboxylic acids is 1. The van der Waals surface area contributed by atoms with Gasteiger partial charge < -0.3 is 14.8 Å². The lowest BCUT2D eigenvalue weighted by molar-refractivity contribution is -0.908. The lowest BCUT2D eigenvalue weighted by Gasteiger charge is -2.16. The molecule has 2 aromatic heterocycles. The Balaban J connectivity index is 1.95. The van der Waals surface area contributed by atoms with Crippen LogP contribution in [0.1, 0.15) is 27.4 Å². The molecule has 0 aliphatic rings. The number of carbonyl (C=O) groups is 1. The molecular weight excluding hydrogens is 290 g/mol. The third kappa shape index (κ3) is 3.10. The van der Waals surface area contributed by atoms with Crippen LogP contribution in [0.3, 0.4) is 0 Å². The van der Waals surface area contributed by atoms with Gasteiger partial charge in [0.15, 0.2) is 0 Å². The van der Waals surface area contributed by atoms with Gasteiger partial charge in [0, 0.05) is 11.3 Å². The molecule has 0 aliphatic carbocycles. The van der Waals surface area contributed by atoms with Gasteiger partial charge in [0.25, 0.3) is 0 Å². The monoisotopic (exact) mass is 309 g/mol. The van der Waals surface area contributed by atoms with Crippen molar-refractivity contribution in [2.24, 2.45) is 0 Å². The van der Waals surface area contributed by atoms with E-state index in [1.54, 1.807) is 0 Å². The molecule has 1 aromatic carbocycles. The van der Waals surface area contributed by atoms with Gasteiger partial charge in [-0.05, 0) is 19.1 Å². The molecule has 118 valence electrons. The van der Waals surface area contributed by atoms with E-state index in [4.69, 9.17) is 0 Å². The van der Waals surface area contributed by atoms with Crippen molar-refractivity contribution in [3.05, 3.63) is 71.2 Å². The van der Waals surface area contributed by atoms with Crippen LogP contribution >= 0.6 is 0 Å². The smallest absolute Gasteiger partial charge is 0.138 e. The van der Waals surface area contributed by atoms with Crippen molar-refractivity contribution in [3.8, 4) is 0 Å². The van der Waals surface area contributed by atoms with Gasteiger partial charge in [-0.15, -0.1) is 0 Å². The zero-order valence-corrected chi connectivity index (χ0v) is 13.2. The van der Waals surface area contributed by atoms with Crippen molar-refractivity contribution in [1.82, 2.24) is 9.38 Å². The Morgan fingerprint density at radius 3 is 2.57 bits per heavy atom. The van der Waals surface area contributed by atoms with Gasteiger partial charge in [-0.1, -0.05) is 36.4 Å². The molecule has 0 saturated carbocycles. The van der Waals surface area contributed by atoms with Gasteiger partial charge in [0.1, 0.15) is 30.1 Å². The topological polar surface area (TPSA) is 61.9 Å². The van der Waals surface area contributed by atoms with Crippen LogP contribution in [0.2, 0.25) is 0 Å². The van der Waals surface area contributed by atoms with E-state index in [0.717, 1.165) is 12.2 Å². The van der Waals surface area contributed by atoms with E-state index in [1.165, 1.54) is 10.5 Å². The summed E-state index contributed by atoms with van der Waals surface area (Å²) in [5, 5.41) is 11.4. The minimum Gasteiger partial charge on any atom is -0.543 e. The Bertz CT molecular complexity index is 840. The summed E-state index contributed by atoms with van der Waals surface area (Å²) in [6.07, 6.45) is 0. The Kier molecular flexibility index (Phi) is 4.12. The number of aromatic nitrogens is 2. The molecule has 1 unspecified atom stereocenters. The van der Waals surface area contributed by atoms with Gasteiger partial charge in [-0.2, -0.15) is 0 Å². The average molecular weight is 309 g/mol. The van der Waals surface area contributed by atoms with E-state index >= 15 is 0 Å². The van der Waals surface area contributed by atoms with E-state index < -0.39 is 5.97 Å². The first kappa shape index (κ1) is 15.2. The highest BCUT2D eigenvalue weighted by molar-refractivity contribution is 5.86. The van der Waals surface area contributed by atoms with Gasteiger partial charge >= 0.3 is 0 Å². The predicted octanol–water partition coefficient (Wildman–Crippen LogP) is 0.221. The number of hydrogen-bond acceptors (Lipinski definition) is 3. The summed E-state index contributed by atoms with van der Waals surface area (Å²) in [7, 11) is 2.05. The Labute approximate surface area is 134 Å². The number of imidazole rings is 1. The van der Waals surface area contributed by atoms with Crippen LogP contribution in [0, 0.1) is 6.92 Å². The van der Waals surface area contributed by atoms with E-state index in [2.05, 4.69) is 17.1 Å². The summed E-state index contributed by atoms with van der Waals surface area (Å²) in [4.78, 5) is 16.9. The maximum atomic E-state index is 11.4. The predicted molar refractivity (Wildman–Crippen MR) is 85.0 cm³/mol. The molecule has 0 spiro atoms. The second-order valence-electron chi connectivity index (χ2n) is 5.85. The fourth-order valence-electron chi connectivity index (χ4n) is 2.95. The number of rotatable bonds is 5. The quantitative estimate of drug-likeness (QED) is 0.733. The summed E-state index contributed by atoms with van der Waals surface area (Å²) >= 11 is 0. The molecule has 3 aromatic rings. The summed E-state index contributed by atoms with van der Waals surface area (Å²) in [5.74, 6) is -1.23. The molecular formula is C18H19N3O2. The minimum atomic E-state index is -1.23. The van der Waals surface area contributed by atoms with Crippen LogP contribution < -0.4 is 10.0 Å². The van der Waals surface area contributed by atoms with E-state index in [9.17, 15) is 9.90 Å². The van der Waals surface area contributed by atoms with Gasteiger partial charge in [0.05, 0.1) is 13.0 Å². The second kappa shape index (κ2) is 6.22. The van der Waals surface area contributed by atoms with Crippen molar-refractivity contribution in [3.63, 3.8) is 0 Å². The highest BCUT2D eigenvalue weighted by Crippen LogP contribution is 2.14. The standard InChI is InChI=1S/C18H19N3O2/c1-13-7-6-10-16-19-17(18(22)23)15(21(13)16)12-20(2)11-14-8-4-3-5-9-14/h3-10H,11-12H2,1-2H3,(H,22,23). The molecule has 5 nitrogen and oxygen atoms in total. The molecule has 5 heteroatoms. The minimum absolute atomic E-state index is 0.0340. The van der Waals surface area contributed by atoms with Crippen LogP contribution in [0.15, 0.2) is 48.5 Å². The molecule has 0 amide bonds. The summed E-state index contributed by atoms with van der Waals surface area (Å²) in [6, 6.07) is 15.8. The number of fused-ring (bicyclic) bond motifs is 1. The zero-order chi connectivity index (χ0) is 16.4. The number of quaternary nitrogens is 1. The van der Waals surface area contributed by atoms with Crippen LogP contribution in [0.25, 0.3) is 5.65 Å². The number of aryl methyl sites for hydroxylation is 1. The fourth-order valence-corrected chi connectivity index (χ4v) is 2.95. The lowest BCUT2D eigenvalue weighted by atomic mass is 10.2. The van der Waals surface area contributed by atoms with Crippen molar-refractivity contribution in [2.45, 2.75) is 20.0 Å². The highest BCUT2D eigenvalue weighted by Gasteiger charge is 2.18. The SMILES string of the molecule is Cc1cccc2nc(C(=O)[O-])c(C[NH+](C)Cc3ccccc3)n12. The number of pyridine rings is 1. The molecule has 0 saturated heterocycles. The van der Waals surface area contributed by atoms with E-state index in [1.807, 2.05) is 54.8 Å². The van der Waals surface area contributed by atoms with Gasteiger partial charge in [-0.3, -0.25) is 4.40 Å². The molecule has 0 radical (unpaired) electrons. The van der Waals surface area contributed by atoms with Crippen LogP contribution in [-0.4, -0.2) is 22.4 Å². The fraction of sp³-hybridized carbons (Fsp3) is 0.222. The normalized spacial score (nSPS) is 12.4. The van der Waals surface area contributed by atoms with Gasteiger partial charge in [-0.25, -0.2) is 4.98 Å². The first-order valence-corrected chi connectivity index (χ1v) is 7.60. The largest absolute Gasteiger partial charge is 0.543 e. The van der Waals surface area contributed by atoms with Crippen molar-refractivity contribution in [2.75, 3.05) is 7.05 Å². The molecule has 0 aliphatic heterocycles. The van der Waals surface area contributed by atoms with Crippen molar-refractivity contribution < 1.29 is 14.8 Å². The maximum Gasteiger partial charge on any atom is 0.138 e. The number of hydrogen-bond donors (Lipinski definition) is 1. The van der Waals surface area contributed by atoms with Crippen LogP contribution in [0.5, 0.6) is 0 Å². The summed E-state index contributed by atoms with van der Waals surface area (Å²) in [5.41, 5.74) is 3.54. The number of nitrogens with one attached hydrogen (secondary N) is 1. The van der Waals surface area contributed by atoms with Gasteiger partial charge in [0.2, 0.25) is 0 Å². The first-order valence-electron chi connectivity index (χ1n) is 7.60. The number of nitrogens with zero attached hydrogens (tertiary/aromatic N) is 2. The second-order valence-corrected chi connectivity index (χ2v) is 5.85. The molecule has 23 heavy (non-hydrogen) atoms. The van der Waals surface area contributed by atoms with Crippen LogP contribution in [-0.2, 0) is 13.1 Å². The molecule has 1 atom stereocenters. The maximum absolute atomic E-state index is 11.4. The molecule has 1 N–H and O–H groups in total. The van der Waals surface area contributed by atoms with Crippen LogP contribution in [0.4, 0.5) is 0 Å². The van der Waals surface area contributed by atoms with E-state index in [0.29, 0.717) is 17.9 Å². The average Bonchev–Trinajstić information content (AvgIpc) is 2.88. The first-order chi connectivity index (χ1) is 11.1. The molecule has 3 rings (SSSR count). The number of carboxylic acids is 1. The molecule has 0 bridgehead atoms. The Hall–Kier alpha value is -2.66. The number of aromatic carboxylic acids is 1. The summed E-state index contributed by atoms with van der Waals surface area (Å²) < 4.78 is 1.90. The van der Waals surface area contributed by atoms with Crippen molar-refractivity contribution >= 4 is 11.6 Å². The zero-order valence-electron chi connectivity index (χ0n) is 13.2. The van der Waals surface area contributed by atoms with Crippen molar-refractivity contribution in [1.29, 1.82) is 0 Å². The number of benzene rings is 1. The molecule has 2 heterocycles. The Morgan fingerprint density at radius 1 is 1.13 bits per heavy atom. The highest BCUT2D eigenvalue weighted by atomic mass is 16.4. The number of carboxylic acid groups (broad SMARTS) is 1. The molecule has 0 fully saturated rings.